The number of hydrogen-bond donors (Lipinski definition) is 4. The van der Waals surface area contributed by atoms with Gasteiger partial charge in [-0.1, -0.05) is 0 Å². The number of H-pyrrole nitrogens is 1. The molecule has 5 nitrogen and oxygen atoms in total. The average Bonchev–Trinajstić information content (AvgIpc) is 2.78. The van der Waals surface area contributed by atoms with Crippen LogP contribution in [-0.2, 0) is 0 Å². The van der Waals surface area contributed by atoms with E-state index in [0.717, 1.165) is 35.4 Å². The Kier molecular flexibility index (Phi) is 3.87. The van der Waals surface area contributed by atoms with Gasteiger partial charge >= 0.3 is 0 Å². The molecule has 2 aromatic heterocycles. The van der Waals surface area contributed by atoms with Crippen LogP contribution in [0.1, 0.15) is 5.82 Å². The molecule has 0 aliphatic carbocycles. The van der Waals surface area contributed by atoms with E-state index in [1.165, 1.54) is 0 Å². The molecule has 2 heterocycles. The summed E-state index contributed by atoms with van der Waals surface area (Å²) in [4.78, 5) is 11.6. The van der Waals surface area contributed by atoms with Gasteiger partial charge in [0.1, 0.15) is 17.5 Å². The highest BCUT2D eigenvalue weighted by atomic mass is 32.1. The quantitative estimate of drug-likeness (QED) is 0.613. The molecule has 0 aliphatic heterocycles. The van der Waals surface area contributed by atoms with Crippen LogP contribution in [0.4, 0.5) is 17.3 Å². The van der Waals surface area contributed by atoms with Crippen LogP contribution in [0.15, 0.2) is 24.5 Å². The Morgan fingerprint density at radius 3 is 2.88 bits per heavy atom. The second-order valence-electron chi connectivity index (χ2n) is 3.56. The van der Waals surface area contributed by atoms with Crippen molar-refractivity contribution in [3.05, 3.63) is 30.4 Å². The summed E-state index contributed by atoms with van der Waals surface area (Å²) in [5.74, 6) is 3.08. The summed E-state index contributed by atoms with van der Waals surface area (Å²) >= 11 is 4.15. The molecule has 0 spiro atoms. The van der Waals surface area contributed by atoms with E-state index in [2.05, 4.69) is 38.2 Å². The maximum atomic E-state index is 4.32. The maximum Gasteiger partial charge on any atom is 0.136 e. The average molecular weight is 249 g/mol. The van der Waals surface area contributed by atoms with Gasteiger partial charge in [-0.05, 0) is 13.0 Å². The number of nitrogens with one attached hydrogen (secondary N) is 3. The number of aromatic nitrogens is 3. The highest BCUT2D eigenvalue weighted by molar-refractivity contribution is 7.80. The summed E-state index contributed by atoms with van der Waals surface area (Å²) in [6, 6.07) is 3.82. The zero-order chi connectivity index (χ0) is 12.1. The smallest absolute Gasteiger partial charge is 0.136 e. The minimum atomic E-state index is 0.729. The number of thiol groups is 1. The number of aromatic amines is 1. The lowest BCUT2D eigenvalue weighted by Gasteiger charge is -2.08. The van der Waals surface area contributed by atoms with Gasteiger partial charge in [-0.15, -0.1) is 0 Å². The summed E-state index contributed by atoms with van der Waals surface area (Å²) in [5.41, 5.74) is 0.975. The van der Waals surface area contributed by atoms with Crippen LogP contribution < -0.4 is 10.6 Å². The summed E-state index contributed by atoms with van der Waals surface area (Å²) in [7, 11) is 0. The minimum Gasteiger partial charge on any atom is -0.369 e. The lowest BCUT2D eigenvalue weighted by molar-refractivity contribution is 1.04. The lowest BCUT2D eigenvalue weighted by atomic mass is 10.4. The van der Waals surface area contributed by atoms with Crippen molar-refractivity contribution in [1.82, 2.24) is 15.0 Å². The molecular weight excluding hydrogens is 234 g/mol. The molecule has 0 aromatic carbocycles. The summed E-state index contributed by atoms with van der Waals surface area (Å²) < 4.78 is 0. The van der Waals surface area contributed by atoms with Gasteiger partial charge < -0.3 is 15.6 Å². The van der Waals surface area contributed by atoms with Crippen LogP contribution in [0.3, 0.4) is 0 Å². The first-order valence-electron chi connectivity index (χ1n) is 5.38. The molecule has 6 heteroatoms. The first-order chi connectivity index (χ1) is 8.28. The van der Waals surface area contributed by atoms with Crippen molar-refractivity contribution in [2.75, 3.05) is 22.9 Å². The second kappa shape index (κ2) is 5.58. The van der Waals surface area contributed by atoms with Gasteiger partial charge in [0, 0.05) is 30.8 Å². The number of rotatable bonds is 5. The van der Waals surface area contributed by atoms with E-state index in [1.807, 2.05) is 31.5 Å². The molecule has 17 heavy (non-hydrogen) atoms. The summed E-state index contributed by atoms with van der Waals surface area (Å²) in [6.07, 6.45) is 3.73. The highest BCUT2D eigenvalue weighted by Gasteiger charge is 2.02. The molecule has 3 N–H and O–H groups in total. The van der Waals surface area contributed by atoms with Crippen LogP contribution in [0.2, 0.25) is 0 Å². The van der Waals surface area contributed by atoms with Crippen LogP contribution in [0, 0.1) is 6.92 Å². The molecule has 0 saturated carbocycles. The largest absolute Gasteiger partial charge is 0.369 e. The van der Waals surface area contributed by atoms with E-state index in [9.17, 15) is 0 Å². The molecule has 0 radical (unpaired) electrons. The van der Waals surface area contributed by atoms with Crippen molar-refractivity contribution >= 4 is 30.0 Å². The predicted molar refractivity (Wildman–Crippen MR) is 73.2 cm³/mol. The maximum absolute atomic E-state index is 4.32. The Morgan fingerprint density at radius 2 is 2.18 bits per heavy atom. The van der Waals surface area contributed by atoms with E-state index in [1.54, 1.807) is 0 Å². The topological polar surface area (TPSA) is 65.6 Å². The Bertz CT molecular complexity index is 469. The third kappa shape index (κ3) is 3.39. The zero-order valence-corrected chi connectivity index (χ0v) is 10.5. The van der Waals surface area contributed by atoms with Crippen molar-refractivity contribution in [2.45, 2.75) is 6.92 Å². The Morgan fingerprint density at radius 1 is 1.35 bits per heavy atom. The van der Waals surface area contributed by atoms with Crippen molar-refractivity contribution in [3.63, 3.8) is 0 Å². The van der Waals surface area contributed by atoms with E-state index in [-0.39, 0.29) is 0 Å². The minimum absolute atomic E-state index is 0.729. The Labute approximate surface area is 105 Å². The molecule has 2 rings (SSSR count). The van der Waals surface area contributed by atoms with Crippen molar-refractivity contribution < 1.29 is 0 Å². The first kappa shape index (κ1) is 11.8. The summed E-state index contributed by atoms with van der Waals surface area (Å²) in [6.45, 7) is 2.65. The lowest BCUT2D eigenvalue weighted by Crippen LogP contribution is -2.07. The van der Waals surface area contributed by atoms with Gasteiger partial charge in [0.05, 0.1) is 5.69 Å². The van der Waals surface area contributed by atoms with E-state index < -0.39 is 0 Å². The van der Waals surface area contributed by atoms with Gasteiger partial charge in [-0.3, -0.25) is 0 Å². The number of aryl methyl sites for hydroxylation is 1. The van der Waals surface area contributed by atoms with E-state index in [4.69, 9.17) is 0 Å². The third-order valence-corrected chi connectivity index (χ3v) is 2.35. The van der Waals surface area contributed by atoms with Crippen LogP contribution in [0.25, 0.3) is 0 Å². The number of hydrogen-bond acceptors (Lipinski definition) is 5. The fraction of sp³-hybridized carbons (Fsp3) is 0.273. The molecule has 0 saturated heterocycles. The highest BCUT2D eigenvalue weighted by Crippen LogP contribution is 2.16. The normalized spacial score (nSPS) is 10.2. The fourth-order valence-corrected chi connectivity index (χ4v) is 1.57. The fourth-order valence-electron chi connectivity index (χ4n) is 1.46. The van der Waals surface area contributed by atoms with Gasteiger partial charge in [-0.2, -0.15) is 12.6 Å². The molecule has 0 amide bonds. The van der Waals surface area contributed by atoms with Gasteiger partial charge in [0.25, 0.3) is 0 Å². The first-order valence-corrected chi connectivity index (χ1v) is 6.01. The van der Waals surface area contributed by atoms with Gasteiger partial charge in [0.15, 0.2) is 0 Å². The SMILES string of the molecule is Cc1nc(NCCS)cc(Nc2cc[nH]c2)n1. The standard InChI is InChI=1S/C11H15N5S/c1-8-14-10(13-4-5-17)6-11(15-8)16-9-2-3-12-7-9/h2-3,6-7,12,17H,4-5H2,1H3,(H2,13,14,15,16). The van der Waals surface area contributed by atoms with Crippen molar-refractivity contribution in [3.8, 4) is 0 Å². The Hall–Kier alpha value is -1.69. The molecular formula is C11H15N5S. The number of nitrogens with zero attached hydrogens (tertiary/aromatic N) is 2. The third-order valence-electron chi connectivity index (χ3n) is 2.13. The molecule has 0 aliphatic rings. The van der Waals surface area contributed by atoms with Gasteiger partial charge in [0.2, 0.25) is 0 Å². The summed E-state index contributed by atoms with van der Waals surface area (Å²) in [5, 5.41) is 6.38. The molecule has 0 fully saturated rings. The molecule has 0 unspecified atom stereocenters. The van der Waals surface area contributed by atoms with Crippen LogP contribution >= 0.6 is 12.6 Å². The van der Waals surface area contributed by atoms with Crippen molar-refractivity contribution in [2.24, 2.45) is 0 Å². The monoisotopic (exact) mass is 249 g/mol. The second-order valence-corrected chi connectivity index (χ2v) is 4.01. The zero-order valence-electron chi connectivity index (χ0n) is 9.57. The van der Waals surface area contributed by atoms with E-state index in [0.29, 0.717) is 0 Å². The molecule has 0 bridgehead atoms. The molecule has 2 aromatic rings. The van der Waals surface area contributed by atoms with E-state index >= 15 is 0 Å². The predicted octanol–water partition coefficient (Wildman–Crippen LogP) is 2.20. The van der Waals surface area contributed by atoms with Crippen LogP contribution in [-0.4, -0.2) is 27.2 Å². The number of anilines is 3. The molecule has 90 valence electrons. The Balaban J connectivity index is 2.13. The van der Waals surface area contributed by atoms with Gasteiger partial charge in [-0.25, -0.2) is 9.97 Å². The van der Waals surface area contributed by atoms with Crippen molar-refractivity contribution in [1.29, 1.82) is 0 Å². The van der Waals surface area contributed by atoms with Crippen LogP contribution in [0.5, 0.6) is 0 Å². The molecule has 0 atom stereocenters.